The quantitative estimate of drug-likeness (QED) is 0.633. The van der Waals surface area contributed by atoms with Gasteiger partial charge in [-0.1, -0.05) is 12.1 Å². The molecule has 8 nitrogen and oxygen atoms in total. The topological polar surface area (TPSA) is 109 Å². The van der Waals surface area contributed by atoms with Crippen LogP contribution in [0.4, 0.5) is 5.69 Å². The Morgan fingerprint density at radius 1 is 1.10 bits per heavy atom. The zero-order chi connectivity index (χ0) is 22.0. The molecule has 0 unspecified atom stereocenters. The number of anilines is 1. The molecule has 1 amide bonds. The molecule has 9 heteroatoms. The van der Waals surface area contributed by atoms with Crippen molar-refractivity contribution in [1.29, 1.82) is 0 Å². The number of H-pyrrole nitrogens is 1. The second-order valence-electron chi connectivity index (χ2n) is 7.44. The van der Waals surface area contributed by atoms with Crippen LogP contribution in [0.1, 0.15) is 12.8 Å². The van der Waals surface area contributed by atoms with Gasteiger partial charge in [0.15, 0.2) is 0 Å². The summed E-state index contributed by atoms with van der Waals surface area (Å²) in [4.78, 5) is 26.9. The van der Waals surface area contributed by atoms with E-state index in [1.165, 1.54) is 16.4 Å². The summed E-state index contributed by atoms with van der Waals surface area (Å²) in [7, 11) is -2.15. The number of pyridine rings is 1. The Kier molecular flexibility index (Phi) is 5.79. The van der Waals surface area contributed by atoms with Crippen LogP contribution in [0.3, 0.4) is 0 Å². The molecule has 2 N–H and O–H groups in total. The Bertz CT molecular complexity index is 1280. The Balaban J connectivity index is 1.44. The second-order valence-corrected chi connectivity index (χ2v) is 9.38. The number of carbonyl (C=O) groups excluding carboxylic acids is 1. The monoisotopic (exact) mass is 441 g/mol. The average molecular weight is 442 g/mol. The lowest BCUT2D eigenvalue weighted by Crippen LogP contribution is -2.41. The molecule has 31 heavy (non-hydrogen) atoms. The molecule has 4 rings (SSSR count). The number of aromatic amines is 1. The number of amides is 1. The third-order valence-corrected chi connectivity index (χ3v) is 7.42. The SMILES string of the molecule is COc1ccccc1NC(=O)C1CCN(S(=O)(=O)c2ccc3[nH]c(=O)ccc3c2)CC1. The van der Waals surface area contributed by atoms with Gasteiger partial charge >= 0.3 is 0 Å². The summed E-state index contributed by atoms with van der Waals surface area (Å²) >= 11 is 0. The van der Waals surface area contributed by atoms with Crippen molar-refractivity contribution in [3.63, 3.8) is 0 Å². The van der Waals surface area contributed by atoms with E-state index < -0.39 is 10.0 Å². The van der Waals surface area contributed by atoms with Crippen molar-refractivity contribution < 1.29 is 17.9 Å². The number of nitrogens with one attached hydrogen (secondary N) is 2. The Hall–Kier alpha value is -3.17. The van der Waals surface area contributed by atoms with Crippen molar-refractivity contribution in [2.45, 2.75) is 17.7 Å². The maximum absolute atomic E-state index is 13.1. The molecule has 1 aliphatic heterocycles. The van der Waals surface area contributed by atoms with E-state index in [4.69, 9.17) is 4.74 Å². The fourth-order valence-electron chi connectivity index (χ4n) is 3.78. The van der Waals surface area contributed by atoms with E-state index in [9.17, 15) is 18.0 Å². The average Bonchev–Trinajstić information content (AvgIpc) is 2.79. The van der Waals surface area contributed by atoms with Crippen molar-refractivity contribution in [3.05, 3.63) is 65.0 Å². The van der Waals surface area contributed by atoms with E-state index in [0.29, 0.717) is 35.2 Å². The fraction of sp³-hybridized carbons (Fsp3) is 0.273. The number of aromatic nitrogens is 1. The largest absolute Gasteiger partial charge is 0.495 e. The van der Waals surface area contributed by atoms with E-state index in [1.54, 1.807) is 37.4 Å². The zero-order valence-corrected chi connectivity index (χ0v) is 17.8. The number of nitrogens with zero attached hydrogens (tertiary/aromatic N) is 1. The van der Waals surface area contributed by atoms with Crippen molar-refractivity contribution in [3.8, 4) is 5.75 Å². The van der Waals surface area contributed by atoms with Gasteiger partial charge in [-0.15, -0.1) is 0 Å². The Morgan fingerprint density at radius 3 is 2.58 bits per heavy atom. The number of fused-ring (bicyclic) bond motifs is 1. The lowest BCUT2D eigenvalue weighted by molar-refractivity contribution is -0.120. The van der Waals surface area contributed by atoms with Crippen LogP contribution in [0.15, 0.2) is 64.3 Å². The Morgan fingerprint density at radius 2 is 1.84 bits per heavy atom. The van der Waals surface area contributed by atoms with Crippen molar-refractivity contribution in [1.82, 2.24) is 9.29 Å². The molecule has 0 spiro atoms. The number of para-hydroxylation sites is 2. The van der Waals surface area contributed by atoms with Gasteiger partial charge in [0.05, 0.1) is 17.7 Å². The second kappa shape index (κ2) is 8.52. The number of carbonyl (C=O) groups is 1. The van der Waals surface area contributed by atoms with Gasteiger partial charge in [0.2, 0.25) is 21.5 Å². The van der Waals surface area contributed by atoms with Crippen LogP contribution in [0.25, 0.3) is 10.9 Å². The van der Waals surface area contributed by atoms with Gasteiger partial charge in [0.1, 0.15) is 5.75 Å². The van der Waals surface area contributed by atoms with Gasteiger partial charge in [0, 0.05) is 30.6 Å². The molecule has 0 aliphatic carbocycles. The maximum Gasteiger partial charge on any atom is 0.248 e. The normalized spacial score (nSPS) is 15.6. The summed E-state index contributed by atoms with van der Waals surface area (Å²) in [6.45, 7) is 0.520. The first-order valence-corrected chi connectivity index (χ1v) is 11.4. The third-order valence-electron chi connectivity index (χ3n) is 5.52. The van der Waals surface area contributed by atoms with Crippen LogP contribution in [0.2, 0.25) is 0 Å². The highest BCUT2D eigenvalue weighted by atomic mass is 32.2. The van der Waals surface area contributed by atoms with E-state index in [2.05, 4.69) is 10.3 Å². The molecule has 162 valence electrons. The van der Waals surface area contributed by atoms with Gasteiger partial charge in [-0.3, -0.25) is 9.59 Å². The molecule has 1 fully saturated rings. The first-order valence-electron chi connectivity index (χ1n) is 9.95. The van der Waals surface area contributed by atoms with Crippen LogP contribution >= 0.6 is 0 Å². The molecule has 0 saturated carbocycles. The number of piperidine rings is 1. The smallest absolute Gasteiger partial charge is 0.248 e. The van der Waals surface area contributed by atoms with Crippen LogP contribution in [0, 0.1) is 5.92 Å². The highest BCUT2D eigenvalue weighted by Gasteiger charge is 2.32. The molecule has 0 bridgehead atoms. The summed E-state index contributed by atoms with van der Waals surface area (Å²) in [5.74, 6) is 0.155. The van der Waals surface area contributed by atoms with E-state index in [0.717, 1.165) is 0 Å². The molecule has 1 aromatic heterocycles. The molecule has 1 saturated heterocycles. The summed E-state index contributed by atoms with van der Waals surface area (Å²) in [5, 5.41) is 3.53. The van der Waals surface area contributed by atoms with E-state index in [1.807, 2.05) is 12.1 Å². The molecular formula is C22H23N3O5S. The number of methoxy groups -OCH3 is 1. The van der Waals surface area contributed by atoms with Crippen LogP contribution in [-0.4, -0.2) is 43.8 Å². The third kappa shape index (κ3) is 4.33. The minimum absolute atomic E-state index is 0.142. The number of benzene rings is 2. The number of hydrogen-bond donors (Lipinski definition) is 2. The number of ether oxygens (including phenoxy) is 1. The van der Waals surface area contributed by atoms with Gasteiger partial charge in [-0.2, -0.15) is 4.31 Å². The van der Waals surface area contributed by atoms with Crippen molar-refractivity contribution >= 4 is 32.5 Å². The molecule has 1 aliphatic rings. The molecule has 2 aromatic carbocycles. The van der Waals surface area contributed by atoms with Crippen LogP contribution < -0.4 is 15.6 Å². The highest BCUT2D eigenvalue weighted by Crippen LogP contribution is 2.28. The van der Waals surface area contributed by atoms with Gasteiger partial charge in [-0.25, -0.2) is 8.42 Å². The lowest BCUT2D eigenvalue weighted by Gasteiger charge is -2.30. The molecule has 2 heterocycles. The van der Waals surface area contributed by atoms with Gasteiger partial charge in [-0.05, 0) is 54.6 Å². The number of rotatable bonds is 5. The van der Waals surface area contributed by atoms with Gasteiger partial charge < -0.3 is 15.0 Å². The predicted octanol–water partition coefficient (Wildman–Crippen LogP) is 2.58. The van der Waals surface area contributed by atoms with Crippen molar-refractivity contribution in [2.75, 3.05) is 25.5 Å². The minimum atomic E-state index is -3.69. The van der Waals surface area contributed by atoms with Gasteiger partial charge in [0.25, 0.3) is 0 Å². The first-order chi connectivity index (χ1) is 14.9. The van der Waals surface area contributed by atoms with E-state index >= 15 is 0 Å². The van der Waals surface area contributed by atoms with Crippen LogP contribution in [-0.2, 0) is 14.8 Å². The number of sulfonamides is 1. The molecular weight excluding hydrogens is 418 g/mol. The minimum Gasteiger partial charge on any atom is -0.495 e. The van der Waals surface area contributed by atoms with E-state index in [-0.39, 0.29) is 35.4 Å². The summed E-state index contributed by atoms with van der Waals surface area (Å²) < 4.78 is 32.8. The summed E-state index contributed by atoms with van der Waals surface area (Å²) in [5.41, 5.74) is 0.939. The number of hydrogen-bond acceptors (Lipinski definition) is 5. The standard InChI is InChI=1S/C22H23N3O5S/c1-30-20-5-3-2-4-19(20)24-22(27)15-10-12-25(13-11-15)31(28,29)17-7-8-18-16(14-17)6-9-21(26)23-18/h2-9,14-15H,10-13H2,1H3,(H,23,26)(H,24,27). The highest BCUT2D eigenvalue weighted by molar-refractivity contribution is 7.89. The molecule has 0 atom stereocenters. The first kappa shape index (κ1) is 21.1. The molecule has 3 aromatic rings. The predicted molar refractivity (Wildman–Crippen MR) is 118 cm³/mol. The van der Waals surface area contributed by atoms with Crippen LogP contribution in [0.5, 0.6) is 5.75 Å². The summed E-state index contributed by atoms with van der Waals surface area (Å²) in [6, 6.07) is 14.8. The summed E-state index contributed by atoms with van der Waals surface area (Å²) in [6.07, 6.45) is 0.863. The maximum atomic E-state index is 13.1. The fourth-order valence-corrected chi connectivity index (χ4v) is 5.29. The molecule has 0 radical (unpaired) electrons. The lowest BCUT2D eigenvalue weighted by atomic mass is 9.97. The van der Waals surface area contributed by atoms with Crippen molar-refractivity contribution in [2.24, 2.45) is 5.92 Å². The Labute approximate surface area is 179 Å². The zero-order valence-electron chi connectivity index (χ0n) is 17.0.